The van der Waals surface area contributed by atoms with Crippen molar-refractivity contribution in [3.63, 3.8) is 0 Å². The molecule has 20 heavy (non-hydrogen) atoms. The number of hydrogen-bond donors (Lipinski definition) is 2. The highest BCUT2D eigenvalue weighted by molar-refractivity contribution is 6.43. The molecular formula is C12H11Cl3N4O. The SMILES string of the molecule is CCNc1cc(Oc2cc(Cl)c(Cl)cc2Cl)nc(N)n1. The van der Waals surface area contributed by atoms with Crippen molar-refractivity contribution in [2.75, 3.05) is 17.6 Å². The van der Waals surface area contributed by atoms with Crippen molar-refractivity contribution in [3.05, 3.63) is 33.3 Å². The van der Waals surface area contributed by atoms with E-state index < -0.39 is 0 Å². The molecule has 0 amide bonds. The Morgan fingerprint density at radius 3 is 2.50 bits per heavy atom. The summed E-state index contributed by atoms with van der Waals surface area (Å²) >= 11 is 17.8. The zero-order valence-electron chi connectivity index (χ0n) is 10.5. The van der Waals surface area contributed by atoms with Gasteiger partial charge < -0.3 is 15.8 Å². The fourth-order valence-electron chi connectivity index (χ4n) is 1.46. The molecule has 8 heteroatoms. The van der Waals surface area contributed by atoms with Crippen molar-refractivity contribution in [2.24, 2.45) is 0 Å². The second-order valence-electron chi connectivity index (χ2n) is 3.78. The van der Waals surface area contributed by atoms with E-state index in [9.17, 15) is 0 Å². The van der Waals surface area contributed by atoms with E-state index in [1.54, 1.807) is 6.07 Å². The number of nitrogens with two attached hydrogens (primary N) is 1. The first-order valence-electron chi connectivity index (χ1n) is 5.70. The summed E-state index contributed by atoms with van der Waals surface area (Å²) in [6, 6.07) is 4.62. The number of hydrogen-bond acceptors (Lipinski definition) is 5. The molecule has 1 aromatic heterocycles. The van der Waals surface area contributed by atoms with Gasteiger partial charge in [-0.25, -0.2) is 0 Å². The van der Waals surface area contributed by atoms with Crippen molar-refractivity contribution >= 4 is 46.6 Å². The molecule has 3 N–H and O–H groups in total. The monoisotopic (exact) mass is 332 g/mol. The Morgan fingerprint density at radius 2 is 1.80 bits per heavy atom. The normalized spacial score (nSPS) is 10.4. The van der Waals surface area contributed by atoms with Gasteiger partial charge >= 0.3 is 0 Å². The standard InChI is InChI=1S/C12H11Cl3N4O/c1-2-17-10-5-11(19-12(16)18-10)20-9-4-7(14)6(13)3-8(9)15/h3-5H,2H2,1H3,(H3,16,17,18,19). The highest BCUT2D eigenvalue weighted by Crippen LogP contribution is 2.36. The van der Waals surface area contributed by atoms with E-state index in [-0.39, 0.29) is 11.8 Å². The third-order valence-corrected chi connectivity index (χ3v) is 3.28. The highest BCUT2D eigenvalue weighted by atomic mass is 35.5. The summed E-state index contributed by atoms with van der Waals surface area (Å²) in [4.78, 5) is 7.99. The third-order valence-electron chi connectivity index (χ3n) is 2.27. The fraction of sp³-hybridized carbons (Fsp3) is 0.167. The number of halogens is 3. The summed E-state index contributed by atoms with van der Waals surface area (Å²) < 4.78 is 5.57. The number of anilines is 2. The topological polar surface area (TPSA) is 73.1 Å². The first-order valence-corrected chi connectivity index (χ1v) is 6.83. The van der Waals surface area contributed by atoms with Crippen molar-refractivity contribution in [1.29, 1.82) is 0 Å². The van der Waals surface area contributed by atoms with Crippen molar-refractivity contribution in [1.82, 2.24) is 9.97 Å². The van der Waals surface area contributed by atoms with Gasteiger partial charge in [-0.3, -0.25) is 0 Å². The van der Waals surface area contributed by atoms with Gasteiger partial charge in [-0.1, -0.05) is 34.8 Å². The fourth-order valence-corrected chi connectivity index (χ4v) is 2.04. The Bertz CT molecular complexity index is 636. The quantitative estimate of drug-likeness (QED) is 0.819. The summed E-state index contributed by atoms with van der Waals surface area (Å²) in [7, 11) is 0. The molecule has 0 saturated carbocycles. The molecule has 0 spiro atoms. The molecule has 0 saturated heterocycles. The maximum Gasteiger partial charge on any atom is 0.226 e. The summed E-state index contributed by atoms with van der Waals surface area (Å²) in [6.45, 7) is 2.64. The maximum atomic E-state index is 6.03. The second-order valence-corrected chi connectivity index (χ2v) is 5.00. The van der Waals surface area contributed by atoms with Gasteiger partial charge in [0.05, 0.1) is 15.1 Å². The number of benzene rings is 1. The number of aromatic nitrogens is 2. The molecule has 106 valence electrons. The van der Waals surface area contributed by atoms with E-state index in [0.717, 1.165) is 0 Å². The Morgan fingerprint density at radius 1 is 1.10 bits per heavy atom. The van der Waals surface area contributed by atoms with Crippen LogP contribution in [-0.2, 0) is 0 Å². The van der Waals surface area contributed by atoms with Crippen molar-refractivity contribution < 1.29 is 4.74 Å². The van der Waals surface area contributed by atoms with Crippen LogP contribution in [0.3, 0.4) is 0 Å². The van der Waals surface area contributed by atoms with Crippen LogP contribution >= 0.6 is 34.8 Å². The van der Waals surface area contributed by atoms with Gasteiger partial charge in [0.2, 0.25) is 11.8 Å². The van der Waals surface area contributed by atoms with Gasteiger partial charge in [0.1, 0.15) is 11.6 Å². The lowest BCUT2D eigenvalue weighted by Crippen LogP contribution is -2.04. The third kappa shape index (κ3) is 3.56. The number of nitrogens with zero attached hydrogens (tertiary/aromatic N) is 2. The van der Waals surface area contributed by atoms with Crippen molar-refractivity contribution in [2.45, 2.75) is 6.92 Å². The molecule has 1 heterocycles. The van der Waals surface area contributed by atoms with Crippen LogP contribution in [0.15, 0.2) is 18.2 Å². The van der Waals surface area contributed by atoms with Gasteiger partial charge in [-0.05, 0) is 13.0 Å². The molecule has 0 aliphatic carbocycles. The Kier molecular flexibility index (Phi) is 4.75. The molecule has 0 unspecified atom stereocenters. The maximum absolute atomic E-state index is 6.03. The van der Waals surface area contributed by atoms with E-state index >= 15 is 0 Å². The summed E-state index contributed by atoms with van der Waals surface area (Å²) in [5.74, 6) is 1.25. The molecule has 0 radical (unpaired) electrons. The smallest absolute Gasteiger partial charge is 0.226 e. The van der Waals surface area contributed by atoms with Crippen LogP contribution in [-0.4, -0.2) is 16.5 Å². The van der Waals surface area contributed by atoms with Gasteiger partial charge in [0.25, 0.3) is 0 Å². The molecule has 0 bridgehead atoms. The number of ether oxygens (including phenoxy) is 1. The number of nitrogen functional groups attached to an aromatic ring is 1. The Labute approximate surface area is 131 Å². The van der Waals surface area contributed by atoms with E-state index in [1.807, 2.05) is 6.92 Å². The van der Waals surface area contributed by atoms with E-state index in [1.165, 1.54) is 12.1 Å². The average Bonchev–Trinajstić information content (AvgIpc) is 2.35. The van der Waals surface area contributed by atoms with Gasteiger partial charge in [-0.2, -0.15) is 9.97 Å². The molecule has 0 aliphatic rings. The van der Waals surface area contributed by atoms with Gasteiger partial charge in [0, 0.05) is 18.7 Å². The Hall–Kier alpha value is -1.43. The molecule has 1 aromatic carbocycles. The number of nitrogens with one attached hydrogen (secondary N) is 1. The summed E-state index contributed by atoms with van der Waals surface area (Å²) in [6.07, 6.45) is 0. The molecule has 0 aliphatic heterocycles. The summed E-state index contributed by atoms with van der Waals surface area (Å²) in [5.41, 5.74) is 5.61. The van der Waals surface area contributed by atoms with E-state index in [0.29, 0.717) is 33.2 Å². The molecular weight excluding hydrogens is 323 g/mol. The highest BCUT2D eigenvalue weighted by Gasteiger charge is 2.10. The molecule has 2 aromatic rings. The van der Waals surface area contributed by atoms with E-state index in [4.69, 9.17) is 45.3 Å². The van der Waals surface area contributed by atoms with Crippen LogP contribution in [0.2, 0.25) is 15.1 Å². The largest absolute Gasteiger partial charge is 0.437 e. The van der Waals surface area contributed by atoms with Crippen LogP contribution in [0.1, 0.15) is 6.92 Å². The molecule has 2 rings (SSSR count). The van der Waals surface area contributed by atoms with Crippen molar-refractivity contribution in [3.8, 4) is 11.6 Å². The lowest BCUT2D eigenvalue weighted by Gasteiger charge is -2.10. The minimum absolute atomic E-state index is 0.0923. The lowest BCUT2D eigenvalue weighted by atomic mass is 10.3. The predicted octanol–water partition coefficient (Wildman–Crippen LogP) is 4.24. The first-order chi connectivity index (χ1) is 9.49. The van der Waals surface area contributed by atoms with Crippen LogP contribution in [0, 0.1) is 0 Å². The Balaban J connectivity index is 2.32. The average molecular weight is 334 g/mol. The minimum atomic E-state index is 0.0923. The van der Waals surface area contributed by atoms with Gasteiger partial charge in [0.15, 0.2) is 0 Å². The zero-order valence-corrected chi connectivity index (χ0v) is 12.7. The summed E-state index contributed by atoms with van der Waals surface area (Å²) in [5, 5.41) is 4.02. The lowest BCUT2D eigenvalue weighted by molar-refractivity contribution is 0.463. The number of rotatable bonds is 4. The first kappa shape index (κ1) is 15.0. The van der Waals surface area contributed by atoms with Crippen LogP contribution in [0.25, 0.3) is 0 Å². The zero-order chi connectivity index (χ0) is 14.7. The molecule has 5 nitrogen and oxygen atoms in total. The second kappa shape index (κ2) is 6.35. The van der Waals surface area contributed by atoms with E-state index in [2.05, 4.69) is 15.3 Å². The molecule has 0 fully saturated rings. The predicted molar refractivity (Wildman–Crippen MR) is 82.2 cm³/mol. The van der Waals surface area contributed by atoms with Gasteiger partial charge in [-0.15, -0.1) is 0 Å². The minimum Gasteiger partial charge on any atom is -0.437 e. The van der Waals surface area contributed by atoms with Crippen LogP contribution in [0.5, 0.6) is 11.6 Å². The van der Waals surface area contributed by atoms with Crippen LogP contribution < -0.4 is 15.8 Å². The molecule has 0 atom stereocenters. The van der Waals surface area contributed by atoms with Crippen LogP contribution in [0.4, 0.5) is 11.8 Å².